The van der Waals surface area contributed by atoms with Gasteiger partial charge in [-0.2, -0.15) is 0 Å². The maximum atomic E-state index is 6.20. The minimum absolute atomic E-state index is 0.251. The molecule has 0 N–H and O–H groups in total. The van der Waals surface area contributed by atoms with Gasteiger partial charge in [0.1, 0.15) is 0 Å². The predicted octanol–water partition coefficient (Wildman–Crippen LogP) is 4.22. The summed E-state index contributed by atoms with van der Waals surface area (Å²) in [5.41, 5.74) is 2.84. The zero-order chi connectivity index (χ0) is 12.7. The lowest BCUT2D eigenvalue weighted by atomic mass is 9.65. The Morgan fingerprint density at radius 3 is 2.56 bits per heavy atom. The van der Waals surface area contributed by atoms with Crippen molar-refractivity contribution in [1.29, 1.82) is 0 Å². The van der Waals surface area contributed by atoms with Crippen LogP contribution >= 0.6 is 0 Å². The van der Waals surface area contributed by atoms with E-state index in [0.717, 1.165) is 12.5 Å². The van der Waals surface area contributed by atoms with Crippen molar-refractivity contribution in [2.24, 2.45) is 23.7 Å². The number of hydrogen-bond acceptors (Lipinski definition) is 1. The minimum Gasteiger partial charge on any atom is -0.373 e. The highest BCUT2D eigenvalue weighted by Crippen LogP contribution is 2.49. The molecule has 1 aliphatic carbocycles. The first-order valence-electron chi connectivity index (χ1n) is 7.03. The SMILES string of the molecule is CC1=C[C@H](C)[C@H]2CO[C@H](c3ccccc3)[C@H]1[C@@H]2C. The van der Waals surface area contributed by atoms with Crippen LogP contribution in [-0.2, 0) is 4.74 Å². The van der Waals surface area contributed by atoms with Crippen molar-refractivity contribution >= 4 is 0 Å². The molecule has 1 heteroatoms. The van der Waals surface area contributed by atoms with Gasteiger partial charge in [0.2, 0.25) is 0 Å². The lowest BCUT2D eigenvalue weighted by molar-refractivity contribution is -0.0934. The monoisotopic (exact) mass is 242 g/mol. The van der Waals surface area contributed by atoms with Gasteiger partial charge in [0, 0.05) is 5.92 Å². The van der Waals surface area contributed by atoms with Crippen molar-refractivity contribution in [2.75, 3.05) is 6.61 Å². The first-order chi connectivity index (χ1) is 8.68. The van der Waals surface area contributed by atoms with Gasteiger partial charge in [0.25, 0.3) is 0 Å². The molecule has 0 unspecified atom stereocenters. The third-order valence-electron chi connectivity index (χ3n) is 4.89. The molecule has 3 rings (SSSR count). The maximum Gasteiger partial charge on any atom is 0.0892 e. The Kier molecular flexibility index (Phi) is 3.03. The Labute approximate surface area is 110 Å². The molecule has 1 fully saturated rings. The second kappa shape index (κ2) is 4.55. The quantitative estimate of drug-likeness (QED) is 0.670. The summed E-state index contributed by atoms with van der Waals surface area (Å²) >= 11 is 0. The van der Waals surface area contributed by atoms with Gasteiger partial charge in [-0.1, -0.05) is 55.8 Å². The first-order valence-corrected chi connectivity index (χ1v) is 7.03. The van der Waals surface area contributed by atoms with E-state index in [4.69, 9.17) is 4.74 Å². The molecule has 0 saturated carbocycles. The van der Waals surface area contributed by atoms with E-state index in [1.54, 1.807) is 0 Å². The molecule has 1 heterocycles. The molecule has 18 heavy (non-hydrogen) atoms. The molecule has 1 saturated heterocycles. The van der Waals surface area contributed by atoms with Crippen LogP contribution < -0.4 is 0 Å². The summed E-state index contributed by atoms with van der Waals surface area (Å²) in [6, 6.07) is 10.7. The van der Waals surface area contributed by atoms with Crippen LogP contribution in [0.3, 0.4) is 0 Å². The summed E-state index contributed by atoms with van der Waals surface area (Å²) in [6.07, 6.45) is 2.72. The third kappa shape index (κ3) is 1.81. The van der Waals surface area contributed by atoms with Crippen LogP contribution in [0.5, 0.6) is 0 Å². The molecule has 96 valence electrons. The summed E-state index contributed by atoms with van der Waals surface area (Å²) in [5, 5.41) is 0. The van der Waals surface area contributed by atoms with Crippen LogP contribution in [0.1, 0.15) is 32.4 Å². The van der Waals surface area contributed by atoms with Crippen LogP contribution in [0.25, 0.3) is 0 Å². The number of ether oxygens (including phenoxy) is 1. The molecule has 5 atom stereocenters. The third-order valence-corrected chi connectivity index (χ3v) is 4.89. The fourth-order valence-corrected chi connectivity index (χ4v) is 3.89. The van der Waals surface area contributed by atoms with Gasteiger partial charge in [0.15, 0.2) is 0 Å². The van der Waals surface area contributed by atoms with E-state index < -0.39 is 0 Å². The molecule has 2 bridgehead atoms. The van der Waals surface area contributed by atoms with E-state index >= 15 is 0 Å². The lowest BCUT2D eigenvalue weighted by Crippen LogP contribution is -2.42. The summed E-state index contributed by atoms with van der Waals surface area (Å²) < 4.78 is 6.20. The van der Waals surface area contributed by atoms with Crippen molar-refractivity contribution in [1.82, 2.24) is 0 Å². The minimum atomic E-state index is 0.251. The Balaban J connectivity index is 1.97. The smallest absolute Gasteiger partial charge is 0.0892 e. The van der Waals surface area contributed by atoms with Crippen LogP contribution in [0.4, 0.5) is 0 Å². The molecule has 0 radical (unpaired) electrons. The fraction of sp³-hybridized carbons (Fsp3) is 0.529. The molecule has 0 amide bonds. The molecular weight excluding hydrogens is 220 g/mol. The Hall–Kier alpha value is -1.08. The molecule has 1 aromatic rings. The number of allylic oxidation sites excluding steroid dienone is 1. The van der Waals surface area contributed by atoms with Crippen molar-refractivity contribution in [2.45, 2.75) is 26.9 Å². The van der Waals surface area contributed by atoms with Gasteiger partial charge >= 0.3 is 0 Å². The molecule has 1 nitrogen and oxygen atoms in total. The molecule has 1 aliphatic heterocycles. The standard InChI is InChI=1S/C17H22O/c1-11-9-12(2)16-13(3)15(11)10-18-17(16)14-7-5-4-6-8-14/h4-9,11,13,15-17H,10H2,1-3H3/t11-,13+,15+,16+,17+/m0/s1. The number of benzene rings is 1. The second-order valence-corrected chi connectivity index (χ2v) is 5.98. The zero-order valence-electron chi connectivity index (χ0n) is 11.5. The van der Waals surface area contributed by atoms with Crippen molar-refractivity contribution < 1.29 is 4.74 Å². The topological polar surface area (TPSA) is 9.23 Å². The largest absolute Gasteiger partial charge is 0.373 e. The average molecular weight is 242 g/mol. The highest BCUT2D eigenvalue weighted by molar-refractivity contribution is 5.25. The van der Waals surface area contributed by atoms with Gasteiger partial charge in [-0.05, 0) is 30.2 Å². The van der Waals surface area contributed by atoms with Gasteiger partial charge in [-0.15, -0.1) is 0 Å². The first kappa shape index (κ1) is 12.0. The molecule has 2 aliphatic rings. The summed E-state index contributed by atoms with van der Waals surface area (Å²) in [4.78, 5) is 0. The normalized spacial score (nSPS) is 39.3. The summed E-state index contributed by atoms with van der Waals surface area (Å²) in [6.45, 7) is 7.91. The highest BCUT2D eigenvalue weighted by atomic mass is 16.5. The Morgan fingerprint density at radius 2 is 1.83 bits per heavy atom. The summed E-state index contributed by atoms with van der Waals surface area (Å²) in [7, 11) is 0. The number of fused-ring (bicyclic) bond motifs is 2. The lowest BCUT2D eigenvalue weighted by Gasteiger charge is -2.47. The fourth-order valence-electron chi connectivity index (χ4n) is 3.89. The predicted molar refractivity (Wildman–Crippen MR) is 74.2 cm³/mol. The maximum absolute atomic E-state index is 6.20. The Morgan fingerprint density at radius 1 is 1.11 bits per heavy atom. The molecule has 0 aromatic heterocycles. The number of hydrogen-bond donors (Lipinski definition) is 0. The molecular formula is C17H22O. The van der Waals surface area contributed by atoms with E-state index in [9.17, 15) is 0 Å². The van der Waals surface area contributed by atoms with E-state index in [2.05, 4.69) is 57.2 Å². The van der Waals surface area contributed by atoms with E-state index in [1.807, 2.05) is 0 Å². The van der Waals surface area contributed by atoms with Crippen molar-refractivity contribution in [3.63, 3.8) is 0 Å². The van der Waals surface area contributed by atoms with Crippen molar-refractivity contribution in [3.8, 4) is 0 Å². The Bertz CT molecular complexity index is 448. The molecule has 0 spiro atoms. The van der Waals surface area contributed by atoms with Gasteiger partial charge in [-0.25, -0.2) is 0 Å². The number of rotatable bonds is 1. The van der Waals surface area contributed by atoms with E-state index in [1.165, 1.54) is 11.1 Å². The van der Waals surface area contributed by atoms with Crippen LogP contribution in [-0.4, -0.2) is 6.61 Å². The summed E-state index contributed by atoms with van der Waals surface area (Å²) in [5.74, 6) is 2.64. The average Bonchev–Trinajstić information content (AvgIpc) is 2.37. The van der Waals surface area contributed by atoms with Crippen LogP contribution in [0.2, 0.25) is 0 Å². The van der Waals surface area contributed by atoms with Crippen LogP contribution in [0.15, 0.2) is 42.0 Å². The van der Waals surface area contributed by atoms with Gasteiger partial charge < -0.3 is 4.74 Å². The highest BCUT2D eigenvalue weighted by Gasteiger charge is 2.43. The van der Waals surface area contributed by atoms with E-state index in [0.29, 0.717) is 17.8 Å². The zero-order valence-corrected chi connectivity index (χ0v) is 11.5. The van der Waals surface area contributed by atoms with Crippen LogP contribution in [0, 0.1) is 23.7 Å². The van der Waals surface area contributed by atoms with E-state index in [-0.39, 0.29) is 6.10 Å². The second-order valence-electron chi connectivity index (χ2n) is 5.98. The van der Waals surface area contributed by atoms with Crippen molar-refractivity contribution in [3.05, 3.63) is 47.5 Å². The van der Waals surface area contributed by atoms with Gasteiger partial charge in [0.05, 0.1) is 12.7 Å². The molecule has 1 aromatic carbocycles. The van der Waals surface area contributed by atoms with Gasteiger partial charge in [-0.3, -0.25) is 0 Å².